The van der Waals surface area contributed by atoms with Crippen LogP contribution in [0.2, 0.25) is 0 Å². The summed E-state index contributed by atoms with van der Waals surface area (Å²) < 4.78 is 0. The number of aliphatic hydroxyl groups is 1. The molecule has 1 aliphatic carbocycles. The van der Waals surface area contributed by atoms with E-state index in [1.165, 1.54) is 32.1 Å². The molecule has 1 rings (SSSR count). The van der Waals surface area contributed by atoms with Crippen molar-refractivity contribution in [3.63, 3.8) is 0 Å². The van der Waals surface area contributed by atoms with Crippen molar-refractivity contribution in [3.8, 4) is 0 Å². The molecule has 0 unspecified atom stereocenters. The van der Waals surface area contributed by atoms with Crippen LogP contribution < -0.4 is 5.73 Å². The van der Waals surface area contributed by atoms with E-state index in [1.54, 1.807) is 0 Å². The highest BCUT2D eigenvalue weighted by Gasteiger charge is 2.22. The lowest BCUT2D eigenvalue weighted by Gasteiger charge is -2.23. The summed E-state index contributed by atoms with van der Waals surface area (Å²) in [5.74, 6) is 0.711. The maximum atomic E-state index is 10.2. The van der Waals surface area contributed by atoms with Gasteiger partial charge in [-0.1, -0.05) is 32.1 Å². The minimum Gasteiger partial charge on any atom is -0.385 e. The molecule has 1 fully saturated rings. The van der Waals surface area contributed by atoms with Gasteiger partial charge in [-0.2, -0.15) is 0 Å². The van der Waals surface area contributed by atoms with Gasteiger partial charge in [-0.3, -0.25) is 10.1 Å². The Labute approximate surface area is 96.2 Å². The van der Waals surface area contributed by atoms with E-state index >= 15 is 0 Å². The molecule has 0 aliphatic heterocycles. The largest absolute Gasteiger partial charge is 0.385 e. The topological polar surface area (TPSA) is 89.4 Å². The Morgan fingerprint density at radius 3 is 2.56 bits per heavy atom. The van der Waals surface area contributed by atoms with Gasteiger partial charge in [0.15, 0.2) is 0 Å². The fourth-order valence-electron chi connectivity index (χ4n) is 2.38. The zero-order chi connectivity index (χ0) is 12.0. The minimum atomic E-state index is -1.00. The summed E-state index contributed by atoms with van der Waals surface area (Å²) in [5, 5.41) is 19.7. The third-order valence-electron chi connectivity index (χ3n) is 3.46. The molecule has 0 bridgehead atoms. The third-order valence-corrected chi connectivity index (χ3v) is 3.46. The van der Waals surface area contributed by atoms with Crippen molar-refractivity contribution in [2.45, 2.75) is 57.1 Å². The van der Waals surface area contributed by atoms with Crippen LogP contribution in [-0.2, 0) is 0 Å². The van der Waals surface area contributed by atoms with Gasteiger partial charge in [-0.15, -0.1) is 0 Å². The standard InChI is InChI=1S/C11H22N2O3/c12-10(11(14)8-13(15)16)7-6-9-4-2-1-3-5-9/h9-11,14H,1-8,12H2/t10-,11-/m0/s1. The molecule has 0 amide bonds. The van der Waals surface area contributed by atoms with Crippen LogP contribution in [0.4, 0.5) is 0 Å². The zero-order valence-corrected chi connectivity index (χ0v) is 9.68. The van der Waals surface area contributed by atoms with Crippen molar-refractivity contribution < 1.29 is 10.0 Å². The summed E-state index contributed by atoms with van der Waals surface area (Å²) in [6.07, 6.45) is 7.09. The zero-order valence-electron chi connectivity index (χ0n) is 9.68. The Bertz CT molecular complexity index is 217. The Morgan fingerprint density at radius 1 is 1.38 bits per heavy atom. The van der Waals surface area contributed by atoms with E-state index in [4.69, 9.17) is 5.73 Å². The molecule has 0 heterocycles. The van der Waals surface area contributed by atoms with Gasteiger partial charge in [0.1, 0.15) is 6.10 Å². The van der Waals surface area contributed by atoms with Gasteiger partial charge in [-0.05, 0) is 18.8 Å². The van der Waals surface area contributed by atoms with Crippen molar-refractivity contribution in [2.24, 2.45) is 11.7 Å². The Hall–Kier alpha value is -0.680. The maximum absolute atomic E-state index is 10.2. The molecule has 1 saturated carbocycles. The number of nitrogens with zero attached hydrogens (tertiary/aromatic N) is 1. The lowest BCUT2D eigenvalue weighted by molar-refractivity contribution is -0.491. The normalized spacial score (nSPS) is 21.6. The van der Waals surface area contributed by atoms with E-state index in [9.17, 15) is 15.2 Å². The van der Waals surface area contributed by atoms with Crippen LogP contribution in [0.5, 0.6) is 0 Å². The molecule has 5 nitrogen and oxygen atoms in total. The molecule has 0 aromatic carbocycles. The second-order valence-corrected chi connectivity index (χ2v) is 4.83. The molecule has 0 saturated heterocycles. The monoisotopic (exact) mass is 230 g/mol. The molecule has 16 heavy (non-hydrogen) atoms. The molecule has 0 aromatic rings. The third kappa shape index (κ3) is 4.90. The van der Waals surface area contributed by atoms with Gasteiger partial charge in [0.05, 0.1) is 0 Å². The lowest BCUT2D eigenvalue weighted by Crippen LogP contribution is -2.39. The Balaban J connectivity index is 2.17. The first-order valence-corrected chi connectivity index (χ1v) is 6.15. The molecule has 0 spiro atoms. The van der Waals surface area contributed by atoms with Crippen molar-refractivity contribution in [2.75, 3.05) is 6.54 Å². The van der Waals surface area contributed by atoms with Gasteiger partial charge in [0.2, 0.25) is 6.54 Å². The van der Waals surface area contributed by atoms with E-state index in [0.29, 0.717) is 12.3 Å². The predicted octanol–water partition coefficient (Wildman–Crippen LogP) is 1.31. The van der Waals surface area contributed by atoms with E-state index in [0.717, 1.165) is 6.42 Å². The quantitative estimate of drug-likeness (QED) is 0.532. The number of hydrogen-bond acceptors (Lipinski definition) is 4. The molecule has 2 atom stereocenters. The average Bonchev–Trinajstić information content (AvgIpc) is 2.26. The SMILES string of the molecule is N[C@@H](CCC1CCCCC1)[C@@H](O)C[N+](=O)[O-]. The minimum absolute atomic E-state index is 0.439. The van der Waals surface area contributed by atoms with E-state index in [2.05, 4.69) is 0 Å². The number of hydrogen-bond donors (Lipinski definition) is 2. The van der Waals surface area contributed by atoms with E-state index in [-0.39, 0.29) is 0 Å². The molecule has 0 aromatic heterocycles. The Kier molecular flexibility index (Phi) is 5.69. The fourth-order valence-corrected chi connectivity index (χ4v) is 2.38. The summed E-state index contributed by atoms with van der Waals surface area (Å²) in [4.78, 5) is 9.70. The van der Waals surface area contributed by atoms with Gasteiger partial charge >= 0.3 is 0 Å². The van der Waals surface area contributed by atoms with Crippen LogP contribution in [-0.4, -0.2) is 28.7 Å². The summed E-state index contributed by atoms with van der Waals surface area (Å²) >= 11 is 0. The number of nitro groups is 1. The highest BCUT2D eigenvalue weighted by atomic mass is 16.6. The highest BCUT2D eigenvalue weighted by molar-refractivity contribution is 4.74. The summed E-state index contributed by atoms with van der Waals surface area (Å²) in [7, 11) is 0. The van der Waals surface area contributed by atoms with Crippen LogP contribution >= 0.6 is 0 Å². The van der Waals surface area contributed by atoms with Crippen LogP contribution in [0.3, 0.4) is 0 Å². The van der Waals surface area contributed by atoms with Gasteiger partial charge in [-0.25, -0.2) is 0 Å². The number of nitrogens with two attached hydrogens (primary N) is 1. The van der Waals surface area contributed by atoms with Crippen molar-refractivity contribution in [1.29, 1.82) is 0 Å². The van der Waals surface area contributed by atoms with Crippen LogP contribution in [0.15, 0.2) is 0 Å². The van der Waals surface area contributed by atoms with E-state index in [1.807, 2.05) is 0 Å². The molecular weight excluding hydrogens is 208 g/mol. The fraction of sp³-hybridized carbons (Fsp3) is 1.00. The van der Waals surface area contributed by atoms with Gasteiger partial charge in [0, 0.05) is 11.0 Å². The molecule has 1 aliphatic rings. The van der Waals surface area contributed by atoms with Crippen LogP contribution in [0, 0.1) is 16.0 Å². The molecule has 0 radical (unpaired) electrons. The van der Waals surface area contributed by atoms with E-state index < -0.39 is 23.6 Å². The molecule has 3 N–H and O–H groups in total. The molecule has 5 heteroatoms. The maximum Gasteiger partial charge on any atom is 0.230 e. The summed E-state index contributed by atoms with van der Waals surface area (Å²) in [6.45, 7) is -0.439. The Morgan fingerprint density at radius 2 is 2.00 bits per heavy atom. The second-order valence-electron chi connectivity index (χ2n) is 4.83. The first-order valence-electron chi connectivity index (χ1n) is 6.15. The van der Waals surface area contributed by atoms with Crippen LogP contribution in [0.1, 0.15) is 44.9 Å². The lowest BCUT2D eigenvalue weighted by atomic mass is 9.85. The predicted molar refractivity (Wildman–Crippen MR) is 61.7 cm³/mol. The van der Waals surface area contributed by atoms with Crippen LogP contribution in [0.25, 0.3) is 0 Å². The van der Waals surface area contributed by atoms with Crippen molar-refractivity contribution in [3.05, 3.63) is 10.1 Å². The summed E-state index contributed by atoms with van der Waals surface area (Å²) in [6, 6.07) is -0.452. The second kappa shape index (κ2) is 6.81. The van der Waals surface area contributed by atoms with Crippen molar-refractivity contribution in [1.82, 2.24) is 0 Å². The number of aliphatic hydroxyl groups excluding tert-OH is 1. The van der Waals surface area contributed by atoms with Crippen molar-refractivity contribution >= 4 is 0 Å². The molecular formula is C11H22N2O3. The number of rotatable bonds is 6. The smallest absolute Gasteiger partial charge is 0.230 e. The summed E-state index contributed by atoms with van der Waals surface area (Å²) in [5.41, 5.74) is 5.73. The van der Waals surface area contributed by atoms with Gasteiger partial charge in [0.25, 0.3) is 0 Å². The highest BCUT2D eigenvalue weighted by Crippen LogP contribution is 2.27. The molecule has 94 valence electrons. The average molecular weight is 230 g/mol. The first-order chi connectivity index (χ1) is 7.59. The van der Waals surface area contributed by atoms with Gasteiger partial charge < -0.3 is 10.8 Å². The first kappa shape index (κ1) is 13.4.